The van der Waals surface area contributed by atoms with Crippen LogP contribution in [0.4, 0.5) is 0 Å². The molecule has 2 heterocycles. The van der Waals surface area contributed by atoms with Gasteiger partial charge in [0, 0.05) is 10.6 Å². The van der Waals surface area contributed by atoms with Crippen molar-refractivity contribution in [3.8, 4) is 0 Å². The average molecular weight is 312 g/mol. The molecule has 0 spiro atoms. The number of aromatic nitrogens is 2. The van der Waals surface area contributed by atoms with E-state index in [1.54, 1.807) is 23.1 Å². The Morgan fingerprint density at radius 3 is 2.75 bits per heavy atom. The Kier molecular flexibility index (Phi) is 4.72. The van der Waals surface area contributed by atoms with E-state index in [1.807, 2.05) is 27.9 Å². The van der Waals surface area contributed by atoms with Gasteiger partial charge in [0.25, 0.3) is 5.56 Å². The summed E-state index contributed by atoms with van der Waals surface area (Å²) < 4.78 is 1.18. The molecule has 20 heavy (non-hydrogen) atoms. The van der Waals surface area contributed by atoms with Crippen molar-refractivity contribution < 1.29 is 0 Å². The molecule has 0 aliphatic carbocycles. The molecule has 0 aromatic carbocycles. The van der Waals surface area contributed by atoms with E-state index in [0.29, 0.717) is 10.5 Å². The topological polar surface area (TPSA) is 64.2 Å². The number of nitrogens with zero attached hydrogens (tertiary/aromatic N) is 3. The van der Waals surface area contributed by atoms with Crippen molar-refractivity contribution in [3.63, 3.8) is 0 Å². The number of aryl methyl sites for hydroxylation is 2. The summed E-state index contributed by atoms with van der Waals surface area (Å²) in [4.78, 5) is 20.9. The van der Waals surface area contributed by atoms with Crippen molar-refractivity contribution >= 4 is 33.3 Å². The van der Waals surface area contributed by atoms with Gasteiger partial charge in [0.2, 0.25) is 0 Å². The largest absolute Gasteiger partial charge is 0.334 e. The van der Waals surface area contributed by atoms with E-state index in [1.165, 1.54) is 4.68 Å². The first kappa shape index (κ1) is 15.3. The average Bonchev–Trinajstić information content (AvgIpc) is 2.66. The van der Waals surface area contributed by atoms with Gasteiger partial charge in [-0.05, 0) is 46.5 Å². The predicted octanol–water partition coefficient (Wildman–Crippen LogP) is 1.83. The Morgan fingerprint density at radius 2 is 2.10 bits per heavy atom. The van der Waals surface area contributed by atoms with E-state index in [0.717, 1.165) is 34.0 Å². The van der Waals surface area contributed by atoms with Gasteiger partial charge in [-0.2, -0.15) is 0 Å². The van der Waals surface area contributed by atoms with E-state index in [2.05, 4.69) is 9.88 Å². The first-order chi connectivity index (χ1) is 9.41. The van der Waals surface area contributed by atoms with Gasteiger partial charge in [-0.1, -0.05) is 11.8 Å². The van der Waals surface area contributed by atoms with Crippen molar-refractivity contribution in [3.05, 3.63) is 20.8 Å². The van der Waals surface area contributed by atoms with Crippen LogP contribution in [0.5, 0.6) is 0 Å². The van der Waals surface area contributed by atoms with Crippen LogP contribution in [0.3, 0.4) is 0 Å². The van der Waals surface area contributed by atoms with Crippen LogP contribution in [0.15, 0.2) is 9.95 Å². The fourth-order valence-electron chi connectivity index (χ4n) is 1.93. The van der Waals surface area contributed by atoms with Gasteiger partial charge in [-0.15, -0.1) is 11.3 Å². The summed E-state index contributed by atoms with van der Waals surface area (Å²) in [6, 6.07) is 0. The van der Waals surface area contributed by atoms with Gasteiger partial charge in [0.1, 0.15) is 4.83 Å². The molecule has 110 valence electrons. The standard InChI is InChI=1S/C13H20N4OS2/c1-8-9(2)20-11-10(8)12(18)17(14)13(15-11)19-7-5-6-16(3)4/h5-7,14H2,1-4H3. The Hall–Kier alpha value is -1.05. The number of rotatable bonds is 5. The second-order valence-electron chi connectivity index (χ2n) is 5.04. The highest BCUT2D eigenvalue weighted by Crippen LogP contribution is 2.27. The number of hydrogen-bond acceptors (Lipinski definition) is 6. The molecular formula is C13H20N4OS2. The van der Waals surface area contributed by atoms with Crippen LogP contribution >= 0.6 is 23.1 Å². The molecule has 0 bridgehead atoms. The fraction of sp³-hybridized carbons (Fsp3) is 0.538. The SMILES string of the molecule is Cc1sc2nc(SCCCN(C)C)n(N)c(=O)c2c1C. The molecule has 2 aromatic heterocycles. The van der Waals surface area contributed by atoms with Crippen LogP contribution in [0, 0.1) is 13.8 Å². The van der Waals surface area contributed by atoms with Crippen LogP contribution in [-0.4, -0.2) is 41.0 Å². The molecule has 5 nitrogen and oxygen atoms in total. The molecule has 0 atom stereocenters. The molecule has 0 aliphatic rings. The van der Waals surface area contributed by atoms with Gasteiger partial charge in [-0.3, -0.25) is 4.79 Å². The summed E-state index contributed by atoms with van der Waals surface area (Å²) in [5.41, 5.74) is 0.845. The number of thioether (sulfide) groups is 1. The van der Waals surface area contributed by atoms with E-state index < -0.39 is 0 Å². The van der Waals surface area contributed by atoms with Gasteiger partial charge in [0.05, 0.1) is 5.39 Å². The molecule has 0 aliphatic heterocycles. The lowest BCUT2D eigenvalue weighted by Crippen LogP contribution is -2.29. The zero-order valence-corrected chi connectivity index (χ0v) is 13.9. The minimum absolute atomic E-state index is 0.146. The summed E-state index contributed by atoms with van der Waals surface area (Å²) in [5.74, 6) is 6.78. The van der Waals surface area contributed by atoms with Gasteiger partial charge in [0.15, 0.2) is 5.16 Å². The van der Waals surface area contributed by atoms with E-state index in [4.69, 9.17) is 5.84 Å². The van der Waals surface area contributed by atoms with Crippen molar-refractivity contribution in [2.75, 3.05) is 32.2 Å². The van der Waals surface area contributed by atoms with Crippen LogP contribution in [0.1, 0.15) is 16.9 Å². The highest BCUT2D eigenvalue weighted by molar-refractivity contribution is 7.99. The number of nitrogens with two attached hydrogens (primary N) is 1. The van der Waals surface area contributed by atoms with Gasteiger partial charge >= 0.3 is 0 Å². The lowest BCUT2D eigenvalue weighted by Gasteiger charge is -2.09. The monoisotopic (exact) mass is 312 g/mol. The molecular weight excluding hydrogens is 292 g/mol. The maximum atomic E-state index is 12.3. The Labute approximate surface area is 126 Å². The molecule has 0 fully saturated rings. The highest BCUT2D eigenvalue weighted by Gasteiger charge is 2.15. The second kappa shape index (κ2) is 6.15. The maximum absolute atomic E-state index is 12.3. The lowest BCUT2D eigenvalue weighted by molar-refractivity contribution is 0.410. The Balaban J connectivity index is 2.27. The molecule has 2 rings (SSSR count). The first-order valence-corrected chi connectivity index (χ1v) is 8.27. The van der Waals surface area contributed by atoms with E-state index >= 15 is 0 Å². The van der Waals surface area contributed by atoms with Crippen molar-refractivity contribution in [2.24, 2.45) is 0 Å². The number of fused-ring (bicyclic) bond motifs is 1. The van der Waals surface area contributed by atoms with Crippen LogP contribution < -0.4 is 11.4 Å². The van der Waals surface area contributed by atoms with Crippen LogP contribution in [0.2, 0.25) is 0 Å². The third kappa shape index (κ3) is 2.99. The van der Waals surface area contributed by atoms with E-state index in [-0.39, 0.29) is 5.56 Å². The Bertz CT molecular complexity index is 675. The molecule has 0 unspecified atom stereocenters. The molecule has 0 saturated carbocycles. The van der Waals surface area contributed by atoms with Crippen LogP contribution in [-0.2, 0) is 0 Å². The summed E-state index contributed by atoms with van der Waals surface area (Å²) in [5, 5.41) is 1.26. The number of thiophene rings is 1. The second-order valence-corrected chi connectivity index (χ2v) is 7.30. The fourth-order valence-corrected chi connectivity index (χ4v) is 3.85. The number of nitrogen functional groups attached to an aromatic ring is 1. The zero-order chi connectivity index (χ0) is 14.9. The van der Waals surface area contributed by atoms with Gasteiger partial charge < -0.3 is 10.7 Å². The van der Waals surface area contributed by atoms with Crippen molar-refractivity contribution in [1.82, 2.24) is 14.6 Å². The quantitative estimate of drug-likeness (QED) is 0.395. The van der Waals surface area contributed by atoms with Crippen molar-refractivity contribution in [2.45, 2.75) is 25.4 Å². The van der Waals surface area contributed by atoms with Crippen LogP contribution in [0.25, 0.3) is 10.2 Å². The molecule has 7 heteroatoms. The molecule has 0 radical (unpaired) electrons. The summed E-state index contributed by atoms with van der Waals surface area (Å²) in [7, 11) is 4.09. The summed E-state index contributed by atoms with van der Waals surface area (Å²) >= 11 is 3.10. The minimum Gasteiger partial charge on any atom is -0.334 e. The number of hydrogen-bond donors (Lipinski definition) is 1. The smallest absolute Gasteiger partial charge is 0.281 e. The molecule has 0 amide bonds. The van der Waals surface area contributed by atoms with E-state index in [9.17, 15) is 4.79 Å². The molecule has 2 aromatic rings. The molecule has 0 saturated heterocycles. The molecule has 2 N–H and O–H groups in total. The highest BCUT2D eigenvalue weighted by atomic mass is 32.2. The summed E-state index contributed by atoms with van der Waals surface area (Å²) in [6.45, 7) is 4.97. The third-order valence-corrected chi connectivity index (χ3v) is 5.32. The summed E-state index contributed by atoms with van der Waals surface area (Å²) in [6.07, 6.45) is 1.04. The Morgan fingerprint density at radius 1 is 1.40 bits per heavy atom. The predicted molar refractivity (Wildman–Crippen MR) is 87.4 cm³/mol. The maximum Gasteiger partial charge on any atom is 0.281 e. The van der Waals surface area contributed by atoms with Gasteiger partial charge in [-0.25, -0.2) is 9.66 Å². The normalized spacial score (nSPS) is 11.7. The first-order valence-electron chi connectivity index (χ1n) is 6.47. The van der Waals surface area contributed by atoms with Crippen molar-refractivity contribution in [1.29, 1.82) is 0 Å². The lowest BCUT2D eigenvalue weighted by atomic mass is 10.2. The minimum atomic E-state index is -0.146. The zero-order valence-electron chi connectivity index (χ0n) is 12.3. The third-order valence-electron chi connectivity index (χ3n) is 3.18.